The number of hydrogen-bond acceptors (Lipinski definition) is 7. The van der Waals surface area contributed by atoms with Crippen molar-refractivity contribution < 1.29 is 37.7 Å². The number of hydrogen-bond donors (Lipinski definition) is 3. The summed E-state index contributed by atoms with van der Waals surface area (Å²) in [5.74, 6) is -2.83. The third-order valence-corrected chi connectivity index (χ3v) is 8.16. The first kappa shape index (κ1) is 34.4. The normalized spacial score (nSPS) is 17.1. The number of halogens is 2. The number of carboxylic acids is 1. The number of pyridine rings is 1. The molecule has 13 heteroatoms. The highest BCUT2D eigenvalue weighted by molar-refractivity contribution is 5.97. The Morgan fingerprint density at radius 1 is 1.15 bits per heavy atom. The van der Waals surface area contributed by atoms with Crippen LogP contribution in [0.2, 0.25) is 0 Å². The number of benzene rings is 2. The second kappa shape index (κ2) is 14.0. The second-order valence-corrected chi connectivity index (χ2v) is 13.1. The topological polar surface area (TPSA) is 139 Å². The molecule has 2 aromatic carbocycles. The van der Waals surface area contributed by atoms with Crippen molar-refractivity contribution in [3.8, 4) is 5.75 Å². The van der Waals surface area contributed by atoms with Crippen LogP contribution in [0.25, 0.3) is 10.9 Å². The molecule has 2 amide bonds. The Hall–Kier alpha value is -4.94. The third kappa shape index (κ3) is 7.95. The number of nitrogens with one attached hydrogen (secondary N) is 2. The Balaban J connectivity index is 1.38. The minimum atomic E-state index is -1.91. The number of alkyl carbamates (subject to hydrolysis) is 1. The van der Waals surface area contributed by atoms with E-state index in [0.717, 1.165) is 24.5 Å². The molecular formula is C35H40F2N4O7. The van der Waals surface area contributed by atoms with Gasteiger partial charge >= 0.3 is 12.1 Å². The van der Waals surface area contributed by atoms with E-state index in [2.05, 4.69) is 10.6 Å². The van der Waals surface area contributed by atoms with Crippen LogP contribution in [-0.4, -0.2) is 65.8 Å². The van der Waals surface area contributed by atoms with Gasteiger partial charge in [-0.1, -0.05) is 35.9 Å². The Bertz CT molecular complexity index is 1800. The Morgan fingerprint density at radius 2 is 1.85 bits per heavy atom. The highest BCUT2D eigenvalue weighted by Crippen LogP contribution is 2.44. The van der Waals surface area contributed by atoms with E-state index in [4.69, 9.17) is 9.47 Å². The summed E-state index contributed by atoms with van der Waals surface area (Å²) >= 11 is 0. The first-order valence-corrected chi connectivity index (χ1v) is 15.9. The molecular weight excluding hydrogens is 626 g/mol. The average Bonchev–Trinajstić information content (AvgIpc) is 3.85. The van der Waals surface area contributed by atoms with E-state index >= 15 is 8.78 Å². The molecule has 2 aliphatic rings. The van der Waals surface area contributed by atoms with Gasteiger partial charge in [0.1, 0.15) is 22.9 Å². The fraction of sp³-hybridized carbons (Fsp3) is 0.429. The number of ether oxygens (including phenoxy) is 2. The summed E-state index contributed by atoms with van der Waals surface area (Å²) in [4.78, 5) is 52.3. The van der Waals surface area contributed by atoms with Crippen LogP contribution >= 0.6 is 0 Å². The van der Waals surface area contributed by atoms with Crippen molar-refractivity contribution in [2.45, 2.75) is 76.9 Å². The van der Waals surface area contributed by atoms with E-state index < -0.39 is 52.7 Å². The number of nitrogens with zero attached hydrogens (tertiary/aromatic N) is 2. The maximum Gasteiger partial charge on any atom is 0.408 e. The lowest BCUT2D eigenvalue weighted by molar-refractivity contribution is -0.124. The van der Waals surface area contributed by atoms with Crippen LogP contribution in [0.1, 0.15) is 68.4 Å². The number of carboxylic acid groups (broad SMARTS) is 1. The predicted molar refractivity (Wildman–Crippen MR) is 176 cm³/mol. The van der Waals surface area contributed by atoms with Crippen molar-refractivity contribution in [3.05, 3.63) is 81.4 Å². The number of fused-ring (bicyclic) bond motifs is 1. The lowest BCUT2D eigenvalue weighted by Gasteiger charge is -2.33. The summed E-state index contributed by atoms with van der Waals surface area (Å²) in [7, 11) is 1.36. The molecule has 48 heavy (non-hydrogen) atoms. The van der Waals surface area contributed by atoms with Gasteiger partial charge in [-0.2, -0.15) is 0 Å². The molecule has 1 unspecified atom stereocenters. The van der Waals surface area contributed by atoms with Crippen molar-refractivity contribution in [2.75, 3.05) is 25.1 Å². The molecule has 1 aliphatic carbocycles. The summed E-state index contributed by atoms with van der Waals surface area (Å²) in [5, 5.41) is 14.4. The molecule has 0 spiro atoms. The van der Waals surface area contributed by atoms with Crippen LogP contribution in [0.3, 0.4) is 0 Å². The Morgan fingerprint density at radius 3 is 2.48 bits per heavy atom. The smallest absolute Gasteiger partial charge is 0.408 e. The van der Waals surface area contributed by atoms with Gasteiger partial charge in [0.2, 0.25) is 11.3 Å². The zero-order valence-corrected chi connectivity index (χ0v) is 27.3. The van der Waals surface area contributed by atoms with Crippen LogP contribution in [0.15, 0.2) is 59.0 Å². The van der Waals surface area contributed by atoms with E-state index in [0.29, 0.717) is 30.5 Å². The largest absolute Gasteiger partial charge is 0.492 e. The first-order chi connectivity index (χ1) is 22.8. The monoisotopic (exact) mass is 666 g/mol. The Labute approximate surface area is 276 Å². The summed E-state index contributed by atoms with van der Waals surface area (Å²) in [6.45, 7) is 5.59. The molecule has 2 heterocycles. The van der Waals surface area contributed by atoms with E-state index in [1.165, 1.54) is 19.4 Å². The molecule has 0 bridgehead atoms. The number of methoxy groups -OCH3 is 1. The molecule has 11 nitrogen and oxygen atoms in total. The van der Waals surface area contributed by atoms with Crippen molar-refractivity contribution in [3.63, 3.8) is 0 Å². The standard InChI is InChI=1S/C35H40F2N4O7/c1-35(2,3)48-34(46)38-26(15-20-9-6-5-7-10-20)32(43)39-27(37)16-21-11-8-14-40(18-21)29-25(36)17-23-28(31(29)47-4)41(22-12-13-22)19-24(30(23)42)33(44)45/h5-7,9-10,16-17,19,22,26-27H,8,11-15,18H2,1-4H3,(H,38,46)(H,39,43)(H,44,45)/t26-,27?/m0/s1. The number of carbonyl (C=O) groups is 3. The van der Waals surface area contributed by atoms with Crippen molar-refractivity contribution in [1.82, 2.24) is 15.2 Å². The summed E-state index contributed by atoms with van der Waals surface area (Å²) in [6, 6.07) is 8.85. The molecule has 2 fully saturated rings. The van der Waals surface area contributed by atoms with Gasteiger partial charge in [0, 0.05) is 31.7 Å². The number of carbonyl (C=O) groups excluding carboxylic acids is 2. The van der Waals surface area contributed by atoms with Gasteiger partial charge in [-0.25, -0.2) is 18.4 Å². The number of aromatic carboxylic acids is 1. The fourth-order valence-electron chi connectivity index (χ4n) is 5.95. The number of alkyl halides is 1. The number of piperidine rings is 1. The van der Waals surface area contributed by atoms with Gasteiger partial charge in [-0.3, -0.25) is 9.59 Å². The summed E-state index contributed by atoms with van der Waals surface area (Å²) in [5.41, 5.74) is -0.326. The molecule has 256 valence electrons. The zero-order valence-electron chi connectivity index (χ0n) is 27.3. The molecule has 1 aliphatic heterocycles. The van der Waals surface area contributed by atoms with Crippen LogP contribution in [0, 0.1) is 5.82 Å². The van der Waals surface area contributed by atoms with Gasteiger partial charge in [0.15, 0.2) is 17.9 Å². The molecule has 3 N–H and O–H groups in total. The number of aromatic nitrogens is 1. The zero-order chi connectivity index (χ0) is 34.7. The lowest BCUT2D eigenvalue weighted by atomic mass is 10.0. The molecule has 0 radical (unpaired) electrons. The third-order valence-electron chi connectivity index (χ3n) is 8.16. The molecule has 1 aromatic heterocycles. The SMILES string of the molecule is COc1c(N2CCCC(=CC(F)NC(=O)[C@H](Cc3ccccc3)NC(=O)OC(C)(C)C)C2)c(F)cc2c(=O)c(C(=O)O)cn(C3CC3)c12. The molecule has 5 rings (SSSR count). The second-order valence-electron chi connectivity index (χ2n) is 13.1. The molecule has 2 atom stereocenters. The number of rotatable bonds is 10. The van der Waals surface area contributed by atoms with Crippen LogP contribution in [-0.2, 0) is 16.0 Å². The van der Waals surface area contributed by atoms with Gasteiger partial charge in [0.25, 0.3) is 0 Å². The Kier molecular flexibility index (Phi) is 10.1. The van der Waals surface area contributed by atoms with Gasteiger partial charge in [-0.05, 0) is 64.2 Å². The maximum atomic E-state index is 15.8. The van der Waals surface area contributed by atoms with Crippen molar-refractivity contribution in [1.29, 1.82) is 0 Å². The van der Waals surface area contributed by atoms with Crippen LogP contribution in [0.5, 0.6) is 5.75 Å². The van der Waals surface area contributed by atoms with Crippen molar-refractivity contribution >= 4 is 34.6 Å². The van der Waals surface area contributed by atoms with E-state index in [-0.39, 0.29) is 35.8 Å². The molecule has 3 aromatic rings. The van der Waals surface area contributed by atoms with Gasteiger partial charge < -0.3 is 34.7 Å². The summed E-state index contributed by atoms with van der Waals surface area (Å²) < 4.78 is 44.0. The molecule has 1 saturated heterocycles. The quantitative estimate of drug-likeness (QED) is 0.197. The van der Waals surface area contributed by atoms with Crippen LogP contribution < -0.4 is 25.7 Å². The lowest BCUT2D eigenvalue weighted by Crippen LogP contribution is -2.50. The predicted octanol–water partition coefficient (Wildman–Crippen LogP) is 5.26. The van der Waals surface area contributed by atoms with E-state index in [1.807, 2.05) is 6.07 Å². The number of amides is 2. The highest BCUT2D eigenvalue weighted by atomic mass is 19.1. The fourth-order valence-corrected chi connectivity index (χ4v) is 5.95. The maximum absolute atomic E-state index is 15.8. The molecule has 1 saturated carbocycles. The number of anilines is 1. The van der Waals surface area contributed by atoms with E-state index in [9.17, 15) is 24.3 Å². The van der Waals surface area contributed by atoms with E-state index in [1.54, 1.807) is 54.5 Å². The minimum absolute atomic E-state index is 0.0540. The van der Waals surface area contributed by atoms with Crippen LogP contribution in [0.4, 0.5) is 19.3 Å². The van der Waals surface area contributed by atoms with Gasteiger partial charge in [-0.15, -0.1) is 0 Å². The minimum Gasteiger partial charge on any atom is -0.492 e. The first-order valence-electron chi connectivity index (χ1n) is 15.9. The van der Waals surface area contributed by atoms with Crippen molar-refractivity contribution in [2.24, 2.45) is 0 Å². The van der Waals surface area contributed by atoms with Gasteiger partial charge in [0.05, 0.1) is 18.0 Å². The summed E-state index contributed by atoms with van der Waals surface area (Å²) in [6.07, 6.45) is 2.50. The highest BCUT2D eigenvalue weighted by Gasteiger charge is 2.32. The average molecular weight is 667 g/mol.